The zero-order valence-corrected chi connectivity index (χ0v) is 5.39. The third kappa shape index (κ3) is 1.42. The van der Waals surface area contributed by atoms with Crippen molar-refractivity contribution < 1.29 is 14.6 Å². The van der Waals surface area contributed by atoms with Crippen molar-refractivity contribution in [2.24, 2.45) is 5.41 Å². The van der Waals surface area contributed by atoms with Gasteiger partial charge in [-0.3, -0.25) is 4.79 Å². The van der Waals surface area contributed by atoms with Crippen molar-refractivity contribution in [3.63, 3.8) is 0 Å². The van der Waals surface area contributed by atoms with Crippen molar-refractivity contribution in [3.05, 3.63) is 0 Å². The lowest BCUT2D eigenvalue weighted by Crippen LogP contribution is -2.41. The zero-order valence-electron chi connectivity index (χ0n) is 5.39. The van der Waals surface area contributed by atoms with Gasteiger partial charge in [0.1, 0.15) is 0 Å². The summed E-state index contributed by atoms with van der Waals surface area (Å²) in [5.41, 5.74) is -0.0775. The van der Waals surface area contributed by atoms with Crippen LogP contribution in [0.15, 0.2) is 0 Å². The second kappa shape index (κ2) is 1.99. The number of rotatable bonds is 2. The molecule has 1 fully saturated rings. The summed E-state index contributed by atoms with van der Waals surface area (Å²) in [4.78, 5) is 10.2. The number of hydrogen-bond donors (Lipinski definition) is 1. The smallest absolute Gasteiger partial charge is 0.304 e. The Morgan fingerprint density at radius 2 is 2.33 bits per heavy atom. The standard InChI is InChI=1S/C6H10O3/c1-6(2-5(7)8)3-9-4-6/h2-4H2,1H3,(H,7,8). The summed E-state index contributed by atoms with van der Waals surface area (Å²) in [5.74, 6) is -0.735. The van der Waals surface area contributed by atoms with Crippen LogP contribution in [0.5, 0.6) is 0 Å². The number of carbonyl (C=O) groups is 1. The molecule has 3 nitrogen and oxygen atoms in total. The van der Waals surface area contributed by atoms with Gasteiger partial charge in [0.25, 0.3) is 0 Å². The minimum absolute atomic E-state index is 0.0775. The second-order valence-electron chi connectivity index (χ2n) is 2.87. The molecule has 1 rings (SSSR count). The molecule has 0 atom stereocenters. The highest BCUT2D eigenvalue weighted by molar-refractivity contribution is 5.67. The molecule has 0 aromatic heterocycles. The fourth-order valence-corrected chi connectivity index (χ4v) is 0.918. The van der Waals surface area contributed by atoms with Crippen molar-refractivity contribution in [2.75, 3.05) is 13.2 Å². The number of carboxylic acid groups (broad SMARTS) is 1. The van der Waals surface area contributed by atoms with E-state index in [1.165, 1.54) is 0 Å². The molecule has 0 spiro atoms. The number of ether oxygens (including phenoxy) is 1. The molecular formula is C6H10O3. The van der Waals surface area contributed by atoms with Crippen LogP contribution in [0, 0.1) is 5.41 Å². The Morgan fingerprint density at radius 3 is 2.44 bits per heavy atom. The van der Waals surface area contributed by atoms with Crippen LogP contribution in [-0.4, -0.2) is 24.3 Å². The van der Waals surface area contributed by atoms with Crippen molar-refractivity contribution in [1.29, 1.82) is 0 Å². The minimum atomic E-state index is -0.735. The number of hydrogen-bond acceptors (Lipinski definition) is 2. The van der Waals surface area contributed by atoms with Crippen LogP contribution in [0.3, 0.4) is 0 Å². The molecule has 0 aromatic rings. The Bertz CT molecular complexity index is 126. The molecule has 52 valence electrons. The molecule has 0 unspecified atom stereocenters. The Kier molecular flexibility index (Phi) is 1.45. The maximum absolute atomic E-state index is 10.2. The molecule has 1 aliphatic heterocycles. The summed E-state index contributed by atoms with van der Waals surface area (Å²) in [5, 5.41) is 8.36. The van der Waals surface area contributed by atoms with E-state index in [2.05, 4.69) is 0 Å². The summed E-state index contributed by atoms with van der Waals surface area (Å²) < 4.78 is 4.88. The monoisotopic (exact) mass is 130 g/mol. The Balaban J connectivity index is 2.33. The molecule has 3 heteroatoms. The first-order chi connectivity index (χ1) is 4.12. The summed E-state index contributed by atoms with van der Waals surface area (Å²) in [6, 6.07) is 0. The summed E-state index contributed by atoms with van der Waals surface area (Å²) in [6.45, 7) is 3.11. The molecule has 9 heavy (non-hydrogen) atoms. The van der Waals surface area contributed by atoms with Gasteiger partial charge in [0.2, 0.25) is 0 Å². The molecule has 1 aliphatic rings. The molecule has 0 aromatic carbocycles. The Morgan fingerprint density at radius 1 is 1.78 bits per heavy atom. The Hall–Kier alpha value is -0.570. The molecule has 1 N–H and O–H groups in total. The van der Waals surface area contributed by atoms with Gasteiger partial charge in [0.15, 0.2) is 0 Å². The van der Waals surface area contributed by atoms with Gasteiger partial charge in [-0.15, -0.1) is 0 Å². The lowest BCUT2D eigenvalue weighted by atomic mass is 9.85. The predicted octanol–water partition coefficient (Wildman–Crippen LogP) is 0.498. The fraction of sp³-hybridized carbons (Fsp3) is 0.833. The van der Waals surface area contributed by atoms with Crippen molar-refractivity contribution in [3.8, 4) is 0 Å². The molecule has 0 radical (unpaired) electrons. The van der Waals surface area contributed by atoms with E-state index in [0.29, 0.717) is 13.2 Å². The van der Waals surface area contributed by atoms with Gasteiger partial charge in [-0.1, -0.05) is 6.92 Å². The van der Waals surface area contributed by atoms with Crippen LogP contribution in [0.2, 0.25) is 0 Å². The molecule has 1 heterocycles. The first-order valence-electron chi connectivity index (χ1n) is 2.92. The fourth-order valence-electron chi connectivity index (χ4n) is 0.918. The minimum Gasteiger partial charge on any atom is -0.481 e. The van der Waals surface area contributed by atoms with E-state index >= 15 is 0 Å². The summed E-state index contributed by atoms with van der Waals surface area (Å²) in [6.07, 6.45) is 0.229. The normalized spacial score (nSPS) is 22.8. The zero-order chi connectivity index (χ0) is 6.91. The SMILES string of the molecule is CC1(CC(=O)O)COC1. The van der Waals surface area contributed by atoms with Gasteiger partial charge in [-0.25, -0.2) is 0 Å². The van der Waals surface area contributed by atoms with Crippen LogP contribution in [0.1, 0.15) is 13.3 Å². The lowest BCUT2D eigenvalue weighted by molar-refractivity contribution is -0.153. The van der Waals surface area contributed by atoms with Crippen molar-refractivity contribution >= 4 is 5.97 Å². The van der Waals surface area contributed by atoms with E-state index in [1.54, 1.807) is 0 Å². The van der Waals surface area contributed by atoms with Crippen LogP contribution < -0.4 is 0 Å². The highest BCUT2D eigenvalue weighted by atomic mass is 16.5. The first kappa shape index (κ1) is 6.55. The van der Waals surface area contributed by atoms with Crippen LogP contribution >= 0.6 is 0 Å². The van der Waals surface area contributed by atoms with Gasteiger partial charge in [0.05, 0.1) is 19.6 Å². The average Bonchev–Trinajstić information content (AvgIpc) is 1.60. The lowest BCUT2D eigenvalue weighted by Gasteiger charge is -2.36. The van der Waals surface area contributed by atoms with E-state index in [9.17, 15) is 4.79 Å². The van der Waals surface area contributed by atoms with E-state index < -0.39 is 5.97 Å². The highest BCUT2D eigenvalue weighted by Gasteiger charge is 2.35. The van der Waals surface area contributed by atoms with E-state index in [0.717, 1.165) is 0 Å². The van der Waals surface area contributed by atoms with Gasteiger partial charge in [-0.05, 0) is 0 Å². The van der Waals surface area contributed by atoms with Crippen LogP contribution in [-0.2, 0) is 9.53 Å². The van der Waals surface area contributed by atoms with Crippen molar-refractivity contribution in [2.45, 2.75) is 13.3 Å². The van der Waals surface area contributed by atoms with Crippen LogP contribution in [0.25, 0.3) is 0 Å². The number of aliphatic carboxylic acids is 1. The quantitative estimate of drug-likeness (QED) is 0.592. The largest absolute Gasteiger partial charge is 0.481 e. The van der Waals surface area contributed by atoms with Gasteiger partial charge >= 0.3 is 5.97 Å². The first-order valence-corrected chi connectivity index (χ1v) is 2.92. The average molecular weight is 130 g/mol. The van der Waals surface area contributed by atoms with E-state index in [1.807, 2.05) is 6.92 Å². The summed E-state index contributed by atoms with van der Waals surface area (Å²) in [7, 11) is 0. The molecule has 0 aliphatic carbocycles. The predicted molar refractivity (Wildman–Crippen MR) is 31.2 cm³/mol. The maximum Gasteiger partial charge on any atom is 0.304 e. The van der Waals surface area contributed by atoms with E-state index in [4.69, 9.17) is 9.84 Å². The molecular weight excluding hydrogens is 120 g/mol. The van der Waals surface area contributed by atoms with Gasteiger partial charge in [0, 0.05) is 5.41 Å². The third-order valence-corrected chi connectivity index (χ3v) is 1.48. The van der Waals surface area contributed by atoms with Crippen molar-refractivity contribution in [1.82, 2.24) is 0 Å². The maximum atomic E-state index is 10.2. The Labute approximate surface area is 53.6 Å². The van der Waals surface area contributed by atoms with Gasteiger partial charge in [-0.2, -0.15) is 0 Å². The van der Waals surface area contributed by atoms with Gasteiger partial charge < -0.3 is 9.84 Å². The molecule has 1 saturated heterocycles. The van der Waals surface area contributed by atoms with E-state index in [-0.39, 0.29) is 11.8 Å². The van der Waals surface area contributed by atoms with Crippen LogP contribution in [0.4, 0.5) is 0 Å². The second-order valence-corrected chi connectivity index (χ2v) is 2.87. The highest BCUT2D eigenvalue weighted by Crippen LogP contribution is 2.29. The topological polar surface area (TPSA) is 46.5 Å². The number of carboxylic acids is 1. The molecule has 0 saturated carbocycles. The summed E-state index contributed by atoms with van der Waals surface area (Å²) >= 11 is 0. The third-order valence-electron chi connectivity index (χ3n) is 1.48. The molecule has 0 amide bonds. The molecule has 0 bridgehead atoms.